The molecular formula is C23H24NNaO4. The van der Waals surface area contributed by atoms with Gasteiger partial charge in [-0.25, -0.2) is 0 Å². The van der Waals surface area contributed by atoms with E-state index in [4.69, 9.17) is 4.74 Å². The van der Waals surface area contributed by atoms with Crippen LogP contribution in [0.3, 0.4) is 0 Å². The van der Waals surface area contributed by atoms with Gasteiger partial charge in [0.15, 0.2) is 0 Å². The van der Waals surface area contributed by atoms with Gasteiger partial charge < -0.3 is 24.6 Å². The second-order valence-corrected chi connectivity index (χ2v) is 7.38. The standard InChI is InChI=1S/C23H25NO4.Na/c25-14-16-5-6-21-20(13-16)23(19-4-2-1-3-18(19)15-28-21)17-7-10-24(11-8-17)12-9-22(26)27;/h1-6,13,25H,7-12,14-15H2,(H,26,27);/q;+1/p-1. The number of carboxylic acids is 1. The first kappa shape index (κ1) is 22.1. The molecule has 0 bridgehead atoms. The zero-order chi connectivity index (χ0) is 19.5. The van der Waals surface area contributed by atoms with Crippen LogP contribution in [0.15, 0.2) is 48.0 Å². The normalized spacial score (nSPS) is 16.2. The Balaban J connectivity index is 0.00000240. The van der Waals surface area contributed by atoms with Crippen molar-refractivity contribution >= 4 is 11.5 Å². The van der Waals surface area contributed by atoms with E-state index in [1.807, 2.05) is 24.3 Å². The fourth-order valence-electron chi connectivity index (χ4n) is 4.11. The van der Waals surface area contributed by atoms with E-state index >= 15 is 0 Å². The number of likely N-dealkylation sites (tertiary alicyclic amines) is 1. The number of benzene rings is 2. The van der Waals surface area contributed by atoms with E-state index in [0.717, 1.165) is 48.4 Å². The summed E-state index contributed by atoms with van der Waals surface area (Å²) in [5.41, 5.74) is 6.82. The predicted octanol–water partition coefficient (Wildman–Crippen LogP) is -0.887. The summed E-state index contributed by atoms with van der Waals surface area (Å²) < 4.78 is 6.08. The number of hydrogen-bond acceptors (Lipinski definition) is 5. The molecule has 1 saturated heterocycles. The smallest absolute Gasteiger partial charge is 0.550 e. The molecule has 0 aromatic heterocycles. The minimum atomic E-state index is -0.996. The molecule has 0 radical (unpaired) electrons. The molecule has 6 heteroatoms. The van der Waals surface area contributed by atoms with Gasteiger partial charge >= 0.3 is 29.6 Å². The molecule has 2 aliphatic rings. The van der Waals surface area contributed by atoms with Crippen LogP contribution in [0.25, 0.3) is 5.57 Å². The number of aliphatic carboxylic acids is 1. The van der Waals surface area contributed by atoms with Crippen LogP contribution in [0.1, 0.15) is 41.5 Å². The van der Waals surface area contributed by atoms with Crippen molar-refractivity contribution in [3.8, 4) is 5.75 Å². The number of fused-ring (bicyclic) bond motifs is 2. The Hall–Kier alpha value is -1.63. The third-order valence-corrected chi connectivity index (χ3v) is 5.61. The zero-order valence-electron chi connectivity index (χ0n) is 16.8. The van der Waals surface area contributed by atoms with E-state index in [9.17, 15) is 15.0 Å². The van der Waals surface area contributed by atoms with Crippen molar-refractivity contribution in [2.24, 2.45) is 0 Å². The Morgan fingerprint density at radius 2 is 1.86 bits per heavy atom. The minimum absolute atomic E-state index is 0. The van der Waals surface area contributed by atoms with Crippen LogP contribution in [-0.4, -0.2) is 35.6 Å². The van der Waals surface area contributed by atoms with Gasteiger partial charge in [0.05, 0.1) is 6.61 Å². The molecule has 4 rings (SSSR count). The molecular weight excluding hydrogens is 377 g/mol. The molecule has 2 aromatic carbocycles. The summed E-state index contributed by atoms with van der Waals surface area (Å²) in [5, 5.41) is 20.4. The van der Waals surface area contributed by atoms with E-state index in [0.29, 0.717) is 13.2 Å². The maximum Gasteiger partial charge on any atom is 1.00 e. The van der Waals surface area contributed by atoms with E-state index in [-0.39, 0.29) is 42.6 Å². The molecule has 5 nitrogen and oxygen atoms in total. The minimum Gasteiger partial charge on any atom is -0.550 e. The second-order valence-electron chi connectivity index (χ2n) is 7.38. The van der Waals surface area contributed by atoms with Gasteiger partial charge in [0.2, 0.25) is 0 Å². The average Bonchev–Trinajstić information content (AvgIpc) is 2.89. The second kappa shape index (κ2) is 9.92. The summed E-state index contributed by atoms with van der Waals surface area (Å²) in [7, 11) is 0. The van der Waals surface area contributed by atoms with Gasteiger partial charge in [-0.15, -0.1) is 0 Å². The summed E-state index contributed by atoms with van der Waals surface area (Å²) in [5.74, 6) is -0.153. The first-order valence-corrected chi connectivity index (χ1v) is 9.75. The largest absolute Gasteiger partial charge is 1.00 e. The van der Waals surface area contributed by atoms with Crippen LogP contribution < -0.4 is 39.4 Å². The monoisotopic (exact) mass is 401 g/mol. The van der Waals surface area contributed by atoms with Crippen LogP contribution in [0.4, 0.5) is 0 Å². The van der Waals surface area contributed by atoms with E-state index in [1.165, 1.54) is 16.7 Å². The SMILES string of the molecule is O=C([O-])CCN1CCC(=C2c3ccccc3COc3ccc(CO)cc32)CC1.[Na+]. The molecule has 1 N–H and O–H groups in total. The van der Waals surface area contributed by atoms with E-state index in [1.54, 1.807) is 0 Å². The van der Waals surface area contributed by atoms with Crippen LogP contribution in [0.5, 0.6) is 5.75 Å². The number of carbonyl (C=O) groups excluding carboxylic acids is 1. The molecule has 29 heavy (non-hydrogen) atoms. The third-order valence-electron chi connectivity index (χ3n) is 5.61. The van der Waals surface area contributed by atoms with Crippen LogP contribution in [-0.2, 0) is 18.0 Å². The van der Waals surface area contributed by atoms with Crippen molar-refractivity contribution in [1.29, 1.82) is 0 Å². The number of aliphatic hydroxyl groups excluding tert-OH is 1. The molecule has 0 spiro atoms. The summed E-state index contributed by atoms with van der Waals surface area (Å²) in [6, 6.07) is 14.2. The molecule has 1 fully saturated rings. The van der Waals surface area contributed by atoms with Gasteiger partial charge in [0.1, 0.15) is 12.4 Å². The van der Waals surface area contributed by atoms with Crippen LogP contribution >= 0.6 is 0 Å². The molecule has 0 unspecified atom stereocenters. The Bertz CT molecular complexity index is 915. The van der Waals surface area contributed by atoms with E-state index < -0.39 is 5.97 Å². The molecule has 146 valence electrons. The fourth-order valence-corrected chi connectivity index (χ4v) is 4.11. The maximum absolute atomic E-state index is 10.7. The Morgan fingerprint density at radius 3 is 2.59 bits per heavy atom. The first-order valence-electron chi connectivity index (χ1n) is 9.75. The number of nitrogens with zero attached hydrogens (tertiary/aromatic N) is 1. The number of carboxylic acid groups (broad SMARTS) is 1. The van der Waals surface area contributed by atoms with Crippen molar-refractivity contribution in [3.05, 3.63) is 70.3 Å². The molecule has 0 saturated carbocycles. The Morgan fingerprint density at radius 1 is 1.10 bits per heavy atom. The van der Waals surface area contributed by atoms with Gasteiger partial charge in [-0.1, -0.05) is 35.9 Å². The third kappa shape index (κ3) is 4.93. The molecule has 2 aromatic rings. The van der Waals surface area contributed by atoms with Gasteiger partial charge in [-0.2, -0.15) is 0 Å². The Kier molecular flexibility index (Phi) is 7.55. The number of carbonyl (C=O) groups is 1. The molecule has 0 atom stereocenters. The van der Waals surface area contributed by atoms with Gasteiger partial charge in [0.25, 0.3) is 0 Å². The molecule has 0 amide bonds. The average molecular weight is 401 g/mol. The summed E-state index contributed by atoms with van der Waals surface area (Å²) >= 11 is 0. The number of rotatable bonds is 4. The van der Waals surface area contributed by atoms with E-state index in [2.05, 4.69) is 23.1 Å². The zero-order valence-corrected chi connectivity index (χ0v) is 18.8. The van der Waals surface area contributed by atoms with Crippen LogP contribution in [0, 0.1) is 0 Å². The summed E-state index contributed by atoms with van der Waals surface area (Å²) in [6.07, 6.45) is 1.85. The molecule has 2 heterocycles. The van der Waals surface area contributed by atoms with Crippen LogP contribution in [0.2, 0.25) is 0 Å². The predicted molar refractivity (Wildman–Crippen MR) is 104 cm³/mol. The quantitative estimate of drug-likeness (QED) is 0.674. The van der Waals surface area contributed by atoms with Crippen molar-refractivity contribution in [2.45, 2.75) is 32.5 Å². The first-order chi connectivity index (χ1) is 13.7. The number of aliphatic hydroxyl groups is 1. The molecule has 2 aliphatic heterocycles. The number of ether oxygens (including phenoxy) is 1. The van der Waals surface area contributed by atoms with Crippen molar-refractivity contribution < 1.29 is 49.3 Å². The summed E-state index contributed by atoms with van der Waals surface area (Å²) in [4.78, 5) is 12.9. The van der Waals surface area contributed by atoms with Gasteiger partial charge in [-0.05, 0) is 53.7 Å². The van der Waals surface area contributed by atoms with Gasteiger partial charge in [-0.3, -0.25) is 0 Å². The summed E-state index contributed by atoms with van der Waals surface area (Å²) in [6.45, 7) is 2.73. The van der Waals surface area contributed by atoms with Gasteiger partial charge in [0, 0.05) is 31.2 Å². The van der Waals surface area contributed by atoms with Crippen molar-refractivity contribution in [2.75, 3.05) is 19.6 Å². The van der Waals surface area contributed by atoms with Crippen molar-refractivity contribution in [1.82, 2.24) is 4.90 Å². The number of hydrogen-bond donors (Lipinski definition) is 1. The maximum atomic E-state index is 10.7. The molecule has 0 aliphatic carbocycles. The Labute approximate surface area is 193 Å². The fraction of sp³-hybridized carbons (Fsp3) is 0.348. The number of piperidine rings is 1. The van der Waals surface area contributed by atoms with Crippen molar-refractivity contribution in [3.63, 3.8) is 0 Å². The topological polar surface area (TPSA) is 72.8 Å².